The van der Waals surface area contributed by atoms with E-state index in [1.807, 2.05) is 6.07 Å². The van der Waals surface area contributed by atoms with Crippen molar-refractivity contribution in [3.05, 3.63) is 45.6 Å². The Morgan fingerprint density at radius 1 is 1.11 bits per heavy atom. The summed E-state index contributed by atoms with van der Waals surface area (Å²) in [6.07, 6.45) is 6.77. The molecule has 1 aromatic carbocycles. The summed E-state index contributed by atoms with van der Waals surface area (Å²) < 4.78 is 25.3. The number of carbonyl (C=O) groups is 1. The van der Waals surface area contributed by atoms with Crippen LogP contribution in [0.2, 0.25) is 0 Å². The molecule has 0 aliphatic heterocycles. The molecule has 2 aliphatic carbocycles. The van der Waals surface area contributed by atoms with Crippen LogP contribution in [0.5, 0.6) is 0 Å². The molecule has 6 heteroatoms. The van der Waals surface area contributed by atoms with Gasteiger partial charge in [-0.3, -0.25) is 4.79 Å². The normalized spacial score (nSPS) is 20.4. The Morgan fingerprint density at radius 3 is 2.52 bits per heavy atom. The molecule has 1 aromatic heterocycles. The average molecular weight is 404 g/mol. The largest absolute Gasteiger partial charge is 0.321 e. The Bertz CT molecular complexity index is 938. The Balaban J connectivity index is 1.46. The number of anilines is 1. The van der Waals surface area contributed by atoms with Crippen molar-refractivity contribution in [3.8, 4) is 0 Å². The van der Waals surface area contributed by atoms with Crippen LogP contribution in [0, 0.1) is 5.92 Å². The summed E-state index contributed by atoms with van der Waals surface area (Å²) in [5.74, 6) is 0.561. The van der Waals surface area contributed by atoms with Crippen LogP contribution in [0.4, 0.5) is 5.69 Å². The molecule has 2 aromatic rings. The second-order valence-corrected chi connectivity index (χ2v) is 11.2. The van der Waals surface area contributed by atoms with Gasteiger partial charge in [0.2, 0.25) is 0 Å². The molecule has 0 radical (unpaired) electrons. The van der Waals surface area contributed by atoms with Gasteiger partial charge in [-0.2, -0.15) is 0 Å². The molecule has 144 valence electrons. The Labute approximate surface area is 164 Å². The summed E-state index contributed by atoms with van der Waals surface area (Å²) in [7, 11) is -3.25. The van der Waals surface area contributed by atoms with Crippen molar-refractivity contribution in [1.82, 2.24) is 0 Å². The quantitative estimate of drug-likeness (QED) is 0.794. The lowest BCUT2D eigenvalue weighted by Gasteiger charge is -2.16. The summed E-state index contributed by atoms with van der Waals surface area (Å²) in [6.45, 7) is 2.25. The lowest BCUT2D eigenvalue weighted by Crippen LogP contribution is -2.17. The molecule has 1 fully saturated rings. The predicted octanol–water partition coefficient (Wildman–Crippen LogP) is 4.84. The molecule has 1 amide bonds. The number of fused-ring (bicyclic) bond motifs is 1. The molecule has 2 aliphatic rings. The monoisotopic (exact) mass is 403 g/mol. The maximum absolute atomic E-state index is 12.6. The number of aryl methyl sites for hydroxylation is 1. The van der Waals surface area contributed by atoms with Crippen molar-refractivity contribution in [1.29, 1.82) is 0 Å². The van der Waals surface area contributed by atoms with Crippen LogP contribution in [-0.4, -0.2) is 19.6 Å². The summed E-state index contributed by atoms with van der Waals surface area (Å²) in [4.78, 5) is 15.0. The van der Waals surface area contributed by atoms with Gasteiger partial charge in [-0.05, 0) is 73.9 Å². The van der Waals surface area contributed by atoms with Crippen molar-refractivity contribution >= 4 is 32.8 Å². The van der Waals surface area contributed by atoms with E-state index < -0.39 is 9.84 Å². The number of thiophene rings is 1. The molecule has 1 saturated carbocycles. The highest BCUT2D eigenvalue weighted by Gasteiger charge is 2.30. The number of nitrogens with one attached hydrogen (secondary N) is 1. The highest BCUT2D eigenvalue weighted by atomic mass is 32.2. The van der Waals surface area contributed by atoms with Gasteiger partial charge in [-0.25, -0.2) is 8.42 Å². The fraction of sp³-hybridized carbons (Fsp3) is 0.476. The smallest absolute Gasteiger partial charge is 0.265 e. The van der Waals surface area contributed by atoms with Crippen LogP contribution >= 0.6 is 11.3 Å². The van der Waals surface area contributed by atoms with Crippen LogP contribution in [0.3, 0.4) is 0 Å². The molecule has 1 unspecified atom stereocenters. The van der Waals surface area contributed by atoms with Gasteiger partial charge >= 0.3 is 0 Å². The third-order valence-electron chi connectivity index (χ3n) is 5.73. The molecule has 4 nitrogen and oxygen atoms in total. The zero-order valence-corrected chi connectivity index (χ0v) is 17.2. The van der Waals surface area contributed by atoms with Gasteiger partial charge in [0.15, 0.2) is 9.84 Å². The van der Waals surface area contributed by atoms with Crippen molar-refractivity contribution in [3.63, 3.8) is 0 Å². The second-order valence-electron chi connectivity index (χ2n) is 7.84. The van der Waals surface area contributed by atoms with Gasteiger partial charge in [0.1, 0.15) is 0 Å². The number of amides is 1. The molecule has 0 bridgehead atoms. The maximum Gasteiger partial charge on any atom is 0.265 e. The van der Waals surface area contributed by atoms with Gasteiger partial charge in [0, 0.05) is 10.6 Å². The van der Waals surface area contributed by atoms with Crippen molar-refractivity contribution < 1.29 is 13.2 Å². The van der Waals surface area contributed by atoms with E-state index >= 15 is 0 Å². The van der Waals surface area contributed by atoms with Crippen molar-refractivity contribution in [2.24, 2.45) is 5.92 Å². The number of carbonyl (C=O) groups excluding carboxylic acids is 1. The van der Waals surface area contributed by atoms with Crippen LogP contribution in [0.15, 0.2) is 35.2 Å². The van der Waals surface area contributed by atoms with E-state index in [1.54, 1.807) is 35.6 Å². The zero-order chi connectivity index (χ0) is 19.0. The van der Waals surface area contributed by atoms with Gasteiger partial charge < -0.3 is 5.32 Å². The molecule has 1 N–H and O–H groups in total. The molecule has 27 heavy (non-hydrogen) atoms. The number of hydrogen-bond acceptors (Lipinski definition) is 4. The molecular weight excluding hydrogens is 378 g/mol. The highest BCUT2D eigenvalue weighted by Crippen LogP contribution is 2.33. The van der Waals surface area contributed by atoms with Crippen LogP contribution in [0.25, 0.3) is 0 Å². The Morgan fingerprint density at radius 2 is 1.81 bits per heavy atom. The molecular formula is C21H25NO3S2. The summed E-state index contributed by atoms with van der Waals surface area (Å²) in [6, 6.07) is 8.63. The van der Waals surface area contributed by atoms with E-state index in [4.69, 9.17) is 0 Å². The van der Waals surface area contributed by atoms with E-state index in [2.05, 4.69) is 12.2 Å². The first kappa shape index (κ1) is 18.7. The van der Waals surface area contributed by atoms with Gasteiger partial charge in [0.25, 0.3) is 5.91 Å². The SMILES string of the molecule is CC1CCc2sc(C(=O)Nc3ccc(S(=O)(=O)C4CCCC4)cc3)cc2C1. The summed E-state index contributed by atoms with van der Waals surface area (Å²) >= 11 is 1.58. The Hall–Kier alpha value is -1.66. The van der Waals surface area contributed by atoms with Gasteiger partial charge in [0.05, 0.1) is 15.0 Å². The minimum atomic E-state index is -3.25. The predicted molar refractivity (Wildman–Crippen MR) is 109 cm³/mol. The Kier molecular flexibility index (Phi) is 5.12. The van der Waals surface area contributed by atoms with E-state index in [-0.39, 0.29) is 11.2 Å². The lowest BCUT2D eigenvalue weighted by atomic mass is 9.90. The van der Waals surface area contributed by atoms with Crippen LogP contribution in [-0.2, 0) is 22.7 Å². The number of benzene rings is 1. The van der Waals surface area contributed by atoms with Gasteiger partial charge in [-0.1, -0.05) is 19.8 Å². The first-order valence-corrected chi connectivity index (χ1v) is 12.1. The minimum Gasteiger partial charge on any atom is -0.321 e. The average Bonchev–Trinajstić information content (AvgIpc) is 3.32. The maximum atomic E-state index is 12.6. The zero-order valence-electron chi connectivity index (χ0n) is 15.5. The minimum absolute atomic E-state index is 0.117. The molecule has 4 rings (SSSR count). The molecule has 1 atom stereocenters. The fourth-order valence-corrected chi connectivity index (χ4v) is 7.09. The number of sulfone groups is 1. The van der Waals surface area contributed by atoms with E-state index in [9.17, 15) is 13.2 Å². The third kappa shape index (κ3) is 3.83. The molecule has 0 saturated heterocycles. The lowest BCUT2D eigenvalue weighted by molar-refractivity contribution is 0.103. The van der Waals surface area contributed by atoms with E-state index in [1.165, 1.54) is 16.9 Å². The van der Waals surface area contributed by atoms with Crippen LogP contribution in [0.1, 0.15) is 59.1 Å². The number of hydrogen-bond donors (Lipinski definition) is 1. The highest BCUT2D eigenvalue weighted by molar-refractivity contribution is 7.92. The van der Waals surface area contributed by atoms with Crippen molar-refractivity contribution in [2.45, 2.75) is 62.0 Å². The van der Waals surface area contributed by atoms with Crippen molar-refractivity contribution in [2.75, 3.05) is 5.32 Å². The second kappa shape index (κ2) is 7.40. The van der Waals surface area contributed by atoms with E-state index in [0.29, 0.717) is 16.5 Å². The molecule has 1 heterocycles. The molecule has 0 spiro atoms. The first-order chi connectivity index (χ1) is 12.9. The first-order valence-electron chi connectivity index (χ1n) is 9.70. The number of rotatable bonds is 4. The topological polar surface area (TPSA) is 63.2 Å². The standard InChI is InChI=1S/C21H25NO3S2/c1-14-6-11-19-15(12-14)13-20(26-19)21(23)22-16-7-9-18(10-8-16)27(24,25)17-4-2-3-5-17/h7-10,13-14,17H,2-6,11-12H2,1H3,(H,22,23). The summed E-state index contributed by atoms with van der Waals surface area (Å²) in [5, 5.41) is 2.65. The summed E-state index contributed by atoms with van der Waals surface area (Å²) in [5.41, 5.74) is 1.94. The fourth-order valence-electron chi connectivity index (χ4n) is 4.13. The van der Waals surface area contributed by atoms with Gasteiger partial charge in [-0.15, -0.1) is 11.3 Å². The van der Waals surface area contributed by atoms with Crippen LogP contribution < -0.4 is 5.32 Å². The van der Waals surface area contributed by atoms with E-state index in [0.717, 1.165) is 43.4 Å². The third-order valence-corrected chi connectivity index (χ3v) is 9.25.